The lowest BCUT2D eigenvalue weighted by atomic mass is 10.2. The van der Waals surface area contributed by atoms with Crippen molar-refractivity contribution in [2.45, 2.75) is 26.4 Å². The molecule has 0 bridgehead atoms. The fourth-order valence-electron chi connectivity index (χ4n) is 1.99. The fourth-order valence-corrected chi connectivity index (χ4v) is 1.99. The minimum atomic E-state index is -0.946. The first kappa shape index (κ1) is 19.3. The molecule has 1 atom stereocenters. The van der Waals surface area contributed by atoms with Crippen LogP contribution in [-0.4, -0.2) is 50.2 Å². The van der Waals surface area contributed by atoms with Crippen molar-refractivity contribution in [1.29, 1.82) is 5.26 Å². The summed E-state index contributed by atoms with van der Waals surface area (Å²) < 4.78 is 15.8. The second-order valence-electron chi connectivity index (χ2n) is 5.01. The Labute approximate surface area is 141 Å². The zero-order chi connectivity index (χ0) is 18.1. The number of nitrogens with zero attached hydrogens (tertiary/aromatic N) is 2. The maximum absolute atomic E-state index is 12.2. The summed E-state index contributed by atoms with van der Waals surface area (Å²) in [6.45, 7) is 4.10. The van der Waals surface area contributed by atoms with Crippen molar-refractivity contribution in [3.8, 4) is 17.6 Å². The van der Waals surface area contributed by atoms with Gasteiger partial charge in [0.25, 0.3) is 5.91 Å². The zero-order valence-electron chi connectivity index (χ0n) is 14.4. The Morgan fingerprint density at radius 2 is 2.04 bits per heavy atom. The number of ether oxygens (including phenoxy) is 3. The van der Waals surface area contributed by atoms with Gasteiger partial charge < -0.3 is 19.1 Å². The summed E-state index contributed by atoms with van der Waals surface area (Å²) in [5.41, 5.74) is 0.259. The van der Waals surface area contributed by atoms with Crippen molar-refractivity contribution in [3.63, 3.8) is 0 Å². The quantitative estimate of drug-likeness (QED) is 0.676. The number of methoxy groups -OCH3 is 1. The number of carbonyl (C=O) groups is 2. The molecule has 1 rings (SSSR count). The predicted octanol–water partition coefficient (Wildman–Crippen LogP) is 2.01. The highest BCUT2D eigenvalue weighted by Crippen LogP contribution is 2.28. The Balaban J connectivity index is 2.77. The van der Waals surface area contributed by atoms with Gasteiger partial charge in [-0.15, -0.1) is 0 Å². The van der Waals surface area contributed by atoms with E-state index >= 15 is 0 Å². The van der Waals surface area contributed by atoms with Gasteiger partial charge in [0.05, 0.1) is 31.8 Å². The van der Waals surface area contributed by atoms with Gasteiger partial charge in [0.15, 0.2) is 17.6 Å². The van der Waals surface area contributed by atoms with Gasteiger partial charge in [-0.25, -0.2) is 4.79 Å². The normalized spacial score (nSPS) is 11.1. The maximum Gasteiger partial charge on any atom is 0.339 e. The van der Waals surface area contributed by atoms with Crippen LogP contribution in [0.5, 0.6) is 11.5 Å². The van der Waals surface area contributed by atoms with Gasteiger partial charge in [0.1, 0.15) is 0 Å². The SMILES string of the molecule is CCOc1ccc(C(=O)O[C@@H](C)C(=O)N(C)CCC#N)cc1OC. The van der Waals surface area contributed by atoms with Gasteiger partial charge in [-0.2, -0.15) is 5.26 Å². The summed E-state index contributed by atoms with van der Waals surface area (Å²) in [5, 5.41) is 8.54. The first-order valence-electron chi connectivity index (χ1n) is 7.58. The molecule has 24 heavy (non-hydrogen) atoms. The Morgan fingerprint density at radius 3 is 2.62 bits per heavy atom. The van der Waals surface area contributed by atoms with Crippen molar-refractivity contribution in [1.82, 2.24) is 4.90 Å². The van der Waals surface area contributed by atoms with Gasteiger partial charge >= 0.3 is 5.97 Å². The molecule has 0 aromatic heterocycles. The first-order valence-corrected chi connectivity index (χ1v) is 7.58. The minimum Gasteiger partial charge on any atom is -0.493 e. The van der Waals surface area contributed by atoms with Crippen LogP contribution < -0.4 is 9.47 Å². The number of benzene rings is 1. The minimum absolute atomic E-state index is 0.221. The molecule has 0 aliphatic carbocycles. The van der Waals surface area contributed by atoms with Gasteiger partial charge in [0, 0.05) is 13.6 Å². The Hall–Kier alpha value is -2.75. The number of hydrogen-bond acceptors (Lipinski definition) is 6. The Kier molecular flexibility index (Phi) is 7.56. The maximum atomic E-state index is 12.2. The number of amides is 1. The number of carbonyl (C=O) groups excluding carboxylic acids is 2. The van der Waals surface area contributed by atoms with Crippen molar-refractivity contribution in [2.24, 2.45) is 0 Å². The summed E-state index contributed by atoms with van der Waals surface area (Å²) in [6, 6.07) is 6.63. The lowest BCUT2D eigenvalue weighted by Crippen LogP contribution is -2.37. The van der Waals surface area contributed by atoms with E-state index in [-0.39, 0.29) is 24.4 Å². The molecule has 1 aromatic rings. The van der Waals surface area contributed by atoms with E-state index in [0.717, 1.165) is 0 Å². The molecule has 1 amide bonds. The molecule has 0 aliphatic rings. The molecular weight excluding hydrogens is 312 g/mol. The van der Waals surface area contributed by atoms with Crippen LogP contribution in [0.25, 0.3) is 0 Å². The molecule has 7 nitrogen and oxygen atoms in total. The summed E-state index contributed by atoms with van der Waals surface area (Å²) in [6.07, 6.45) is -0.724. The van der Waals surface area contributed by atoms with E-state index in [9.17, 15) is 9.59 Å². The van der Waals surface area contributed by atoms with Crippen LogP contribution in [0, 0.1) is 11.3 Å². The number of rotatable bonds is 8. The molecule has 0 unspecified atom stereocenters. The Morgan fingerprint density at radius 1 is 1.33 bits per heavy atom. The third kappa shape index (κ3) is 5.16. The largest absolute Gasteiger partial charge is 0.493 e. The van der Waals surface area contributed by atoms with Gasteiger partial charge in [-0.05, 0) is 32.0 Å². The van der Waals surface area contributed by atoms with Crippen LogP contribution in [0.3, 0.4) is 0 Å². The summed E-state index contributed by atoms with van der Waals surface area (Å²) in [7, 11) is 3.03. The van der Waals surface area contributed by atoms with Gasteiger partial charge in [0.2, 0.25) is 0 Å². The lowest BCUT2D eigenvalue weighted by Gasteiger charge is -2.20. The van der Waals surface area contributed by atoms with E-state index in [1.165, 1.54) is 25.0 Å². The third-order valence-corrected chi connectivity index (χ3v) is 3.27. The van der Waals surface area contributed by atoms with E-state index in [4.69, 9.17) is 19.5 Å². The molecule has 0 N–H and O–H groups in total. The average molecular weight is 334 g/mol. The van der Waals surface area contributed by atoms with E-state index in [1.54, 1.807) is 19.2 Å². The summed E-state index contributed by atoms with van der Waals surface area (Å²) in [5.74, 6) is -0.0595. The van der Waals surface area contributed by atoms with Gasteiger partial charge in [-0.1, -0.05) is 0 Å². The van der Waals surface area contributed by atoms with Crippen molar-refractivity contribution in [2.75, 3.05) is 27.3 Å². The van der Waals surface area contributed by atoms with Crippen LogP contribution in [0.4, 0.5) is 0 Å². The average Bonchev–Trinajstić information content (AvgIpc) is 2.59. The monoisotopic (exact) mass is 334 g/mol. The molecule has 1 aromatic carbocycles. The summed E-state index contributed by atoms with van der Waals surface area (Å²) in [4.78, 5) is 25.6. The van der Waals surface area contributed by atoms with Crippen molar-refractivity contribution < 1.29 is 23.8 Å². The first-order chi connectivity index (χ1) is 11.4. The van der Waals surface area contributed by atoms with Crippen LogP contribution in [-0.2, 0) is 9.53 Å². The van der Waals surface area contributed by atoms with Crippen LogP contribution in [0.1, 0.15) is 30.6 Å². The molecule has 7 heteroatoms. The molecule has 0 heterocycles. The highest BCUT2D eigenvalue weighted by Gasteiger charge is 2.22. The van der Waals surface area contributed by atoms with Gasteiger partial charge in [-0.3, -0.25) is 4.79 Å². The van der Waals surface area contributed by atoms with E-state index in [2.05, 4.69) is 0 Å². The van der Waals surface area contributed by atoms with Crippen LogP contribution in [0.15, 0.2) is 18.2 Å². The second kappa shape index (κ2) is 9.40. The van der Waals surface area contributed by atoms with E-state index in [1.807, 2.05) is 13.0 Å². The van der Waals surface area contributed by atoms with E-state index in [0.29, 0.717) is 18.1 Å². The smallest absolute Gasteiger partial charge is 0.339 e. The predicted molar refractivity (Wildman–Crippen MR) is 86.9 cm³/mol. The molecule has 0 radical (unpaired) electrons. The Bertz CT molecular complexity index is 624. The molecular formula is C17H22N2O5. The zero-order valence-corrected chi connectivity index (χ0v) is 14.4. The molecule has 0 saturated carbocycles. The van der Waals surface area contributed by atoms with Crippen molar-refractivity contribution in [3.05, 3.63) is 23.8 Å². The van der Waals surface area contributed by atoms with E-state index < -0.39 is 12.1 Å². The number of likely N-dealkylation sites (N-methyl/N-ethyl adjacent to an activating group) is 1. The topological polar surface area (TPSA) is 88.9 Å². The lowest BCUT2D eigenvalue weighted by molar-refractivity contribution is -0.138. The third-order valence-electron chi connectivity index (χ3n) is 3.27. The fraction of sp³-hybridized carbons (Fsp3) is 0.471. The molecule has 130 valence electrons. The number of nitriles is 1. The number of esters is 1. The molecule has 0 aliphatic heterocycles. The summed E-state index contributed by atoms with van der Waals surface area (Å²) >= 11 is 0. The van der Waals surface area contributed by atoms with Crippen LogP contribution >= 0.6 is 0 Å². The molecule has 0 spiro atoms. The van der Waals surface area contributed by atoms with Crippen molar-refractivity contribution >= 4 is 11.9 Å². The standard InChI is InChI=1S/C17H22N2O5/c1-5-23-14-8-7-13(11-15(14)22-4)17(21)24-12(2)16(20)19(3)10-6-9-18/h7-8,11-12H,5-6,10H2,1-4H3/t12-/m0/s1. The number of hydrogen-bond donors (Lipinski definition) is 0. The van der Waals surface area contributed by atoms with Crippen LogP contribution in [0.2, 0.25) is 0 Å². The second-order valence-corrected chi connectivity index (χ2v) is 5.01. The molecule has 0 saturated heterocycles. The molecule has 0 fully saturated rings. The highest BCUT2D eigenvalue weighted by atomic mass is 16.5. The highest BCUT2D eigenvalue weighted by molar-refractivity contribution is 5.92.